The van der Waals surface area contributed by atoms with Gasteiger partial charge in [0, 0.05) is 16.9 Å². The van der Waals surface area contributed by atoms with E-state index in [0.29, 0.717) is 18.3 Å². The van der Waals surface area contributed by atoms with E-state index >= 15 is 0 Å². The fraction of sp³-hybridized carbons (Fsp3) is 0.211. The van der Waals surface area contributed by atoms with E-state index in [1.807, 2.05) is 48.5 Å². The molecule has 1 aromatic carbocycles. The standard InChI is InChI=1S/C19H17N3O2S/c23-19(14-7-8-14)20-12-15-9-10-16(25-15)18-21-17(24-22-18)11-6-13-4-2-1-3-5-13/h1-6,9-11,14H,7-8,12H2,(H,20,23). The lowest BCUT2D eigenvalue weighted by Gasteiger charge is -2.00. The first-order valence-electron chi connectivity index (χ1n) is 8.21. The normalized spacial score (nSPS) is 14.1. The van der Waals surface area contributed by atoms with Crippen molar-refractivity contribution in [3.63, 3.8) is 0 Å². The Bertz CT molecular complexity index is 894. The van der Waals surface area contributed by atoms with Crippen molar-refractivity contribution >= 4 is 29.4 Å². The Morgan fingerprint density at radius 3 is 2.84 bits per heavy atom. The maximum atomic E-state index is 11.7. The molecule has 4 rings (SSSR count). The van der Waals surface area contributed by atoms with Crippen LogP contribution in [0.5, 0.6) is 0 Å². The lowest BCUT2D eigenvalue weighted by molar-refractivity contribution is -0.122. The highest BCUT2D eigenvalue weighted by atomic mass is 32.1. The van der Waals surface area contributed by atoms with Gasteiger partial charge in [-0.25, -0.2) is 0 Å². The monoisotopic (exact) mass is 351 g/mol. The van der Waals surface area contributed by atoms with Crippen molar-refractivity contribution in [2.24, 2.45) is 5.92 Å². The van der Waals surface area contributed by atoms with E-state index in [1.165, 1.54) is 0 Å². The maximum Gasteiger partial charge on any atom is 0.250 e. The number of hydrogen-bond donors (Lipinski definition) is 1. The summed E-state index contributed by atoms with van der Waals surface area (Å²) >= 11 is 1.56. The van der Waals surface area contributed by atoms with Gasteiger partial charge in [-0.2, -0.15) is 4.98 Å². The number of amides is 1. The van der Waals surface area contributed by atoms with E-state index in [-0.39, 0.29) is 11.8 Å². The molecular formula is C19H17N3O2S. The molecule has 0 aliphatic heterocycles. The second-order valence-electron chi connectivity index (χ2n) is 5.96. The highest BCUT2D eigenvalue weighted by molar-refractivity contribution is 7.15. The Morgan fingerprint density at radius 2 is 2.04 bits per heavy atom. The van der Waals surface area contributed by atoms with E-state index in [9.17, 15) is 4.79 Å². The number of rotatable bonds is 6. The van der Waals surface area contributed by atoms with Crippen LogP contribution >= 0.6 is 11.3 Å². The van der Waals surface area contributed by atoms with E-state index in [2.05, 4.69) is 15.5 Å². The third-order valence-corrected chi connectivity index (χ3v) is 5.01. The van der Waals surface area contributed by atoms with Crippen LogP contribution in [0.1, 0.15) is 29.2 Å². The Balaban J connectivity index is 1.40. The summed E-state index contributed by atoms with van der Waals surface area (Å²) in [6.45, 7) is 0.554. The molecule has 1 saturated carbocycles. The molecule has 1 N–H and O–H groups in total. The summed E-state index contributed by atoms with van der Waals surface area (Å²) in [7, 11) is 0. The van der Waals surface area contributed by atoms with E-state index in [1.54, 1.807) is 17.4 Å². The summed E-state index contributed by atoms with van der Waals surface area (Å²) in [5.74, 6) is 1.42. The minimum absolute atomic E-state index is 0.155. The van der Waals surface area contributed by atoms with Crippen LogP contribution in [0.2, 0.25) is 0 Å². The molecule has 0 saturated heterocycles. The van der Waals surface area contributed by atoms with Gasteiger partial charge in [0.05, 0.1) is 11.4 Å². The number of carbonyl (C=O) groups excluding carboxylic acids is 1. The molecule has 2 heterocycles. The van der Waals surface area contributed by atoms with E-state index < -0.39 is 0 Å². The van der Waals surface area contributed by atoms with Crippen molar-refractivity contribution in [1.82, 2.24) is 15.5 Å². The van der Waals surface area contributed by atoms with Crippen molar-refractivity contribution in [1.29, 1.82) is 0 Å². The predicted molar refractivity (Wildman–Crippen MR) is 97.6 cm³/mol. The van der Waals surface area contributed by atoms with Crippen LogP contribution in [0, 0.1) is 5.92 Å². The lowest BCUT2D eigenvalue weighted by Crippen LogP contribution is -2.23. The number of aromatic nitrogens is 2. The van der Waals surface area contributed by atoms with Gasteiger partial charge < -0.3 is 9.84 Å². The highest BCUT2D eigenvalue weighted by Crippen LogP contribution is 2.29. The summed E-state index contributed by atoms with van der Waals surface area (Å²) in [5, 5.41) is 7.00. The van der Waals surface area contributed by atoms with Gasteiger partial charge in [0.25, 0.3) is 5.89 Å². The Morgan fingerprint density at radius 1 is 1.20 bits per heavy atom. The largest absolute Gasteiger partial charge is 0.351 e. The molecule has 1 aliphatic rings. The van der Waals surface area contributed by atoms with Gasteiger partial charge in [-0.15, -0.1) is 11.3 Å². The predicted octanol–water partition coefficient (Wildman–Crippen LogP) is 3.99. The second-order valence-corrected chi connectivity index (χ2v) is 7.13. The molecule has 2 aromatic heterocycles. The van der Waals surface area contributed by atoms with Crippen molar-refractivity contribution in [2.45, 2.75) is 19.4 Å². The van der Waals surface area contributed by atoms with Gasteiger partial charge in [0.15, 0.2) is 0 Å². The molecule has 0 atom stereocenters. The molecule has 6 heteroatoms. The van der Waals surface area contributed by atoms with E-state index in [4.69, 9.17) is 4.52 Å². The van der Waals surface area contributed by atoms with E-state index in [0.717, 1.165) is 28.2 Å². The molecule has 1 aliphatic carbocycles. The van der Waals surface area contributed by atoms with Crippen molar-refractivity contribution in [2.75, 3.05) is 0 Å². The van der Waals surface area contributed by atoms with Gasteiger partial charge in [0.1, 0.15) is 0 Å². The summed E-state index contributed by atoms with van der Waals surface area (Å²) < 4.78 is 5.28. The molecule has 0 bridgehead atoms. The number of thiophene rings is 1. The first kappa shape index (κ1) is 15.8. The third-order valence-electron chi connectivity index (χ3n) is 3.93. The average molecular weight is 351 g/mol. The Kier molecular flexibility index (Phi) is 4.43. The third kappa shape index (κ3) is 4.03. The minimum atomic E-state index is 0.155. The second kappa shape index (κ2) is 7.03. The fourth-order valence-corrected chi connectivity index (χ4v) is 3.27. The van der Waals surface area contributed by atoms with Crippen molar-refractivity contribution < 1.29 is 9.32 Å². The summed E-state index contributed by atoms with van der Waals surface area (Å²) in [6, 6.07) is 13.9. The molecular weight excluding hydrogens is 334 g/mol. The SMILES string of the molecule is O=C(NCc1ccc(-c2noc(C=Cc3ccccc3)n2)s1)C1CC1. The van der Waals surface area contributed by atoms with Gasteiger partial charge in [0.2, 0.25) is 11.7 Å². The summed E-state index contributed by atoms with van der Waals surface area (Å²) in [6.07, 6.45) is 5.77. The molecule has 3 aromatic rings. The number of benzene rings is 1. The maximum absolute atomic E-state index is 11.7. The van der Waals surface area contributed by atoms with Gasteiger partial charge >= 0.3 is 0 Å². The topological polar surface area (TPSA) is 68.0 Å². The summed E-state index contributed by atoms with van der Waals surface area (Å²) in [4.78, 5) is 18.1. The van der Waals surface area contributed by atoms with Gasteiger partial charge in [-0.05, 0) is 36.6 Å². The van der Waals surface area contributed by atoms with Crippen molar-refractivity contribution in [3.8, 4) is 10.7 Å². The molecule has 0 radical (unpaired) electrons. The first-order valence-corrected chi connectivity index (χ1v) is 9.03. The lowest BCUT2D eigenvalue weighted by atomic mass is 10.2. The Hall–Kier alpha value is -2.73. The number of nitrogens with zero attached hydrogens (tertiary/aromatic N) is 2. The zero-order chi connectivity index (χ0) is 17.1. The first-order chi connectivity index (χ1) is 12.3. The molecule has 1 amide bonds. The molecule has 1 fully saturated rings. The van der Waals surface area contributed by atoms with Crippen LogP contribution in [0.25, 0.3) is 22.9 Å². The smallest absolute Gasteiger partial charge is 0.250 e. The van der Waals surface area contributed by atoms with Crippen LogP contribution in [-0.2, 0) is 11.3 Å². The minimum Gasteiger partial charge on any atom is -0.351 e. The van der Waals surface area contributed by atoms with Crippen LogP contribution < -0.4 is 5.32 Å². The molecule has 5 nitrogen and oxygen atoms in total. The average Bonchev–Trinajstić information content (AvgIpc) is 3.21. The van der Waals surface area contributed by atoms with Crippen molar-refractivity contribution in [3.05, 3.63) is 58.8 Å². The summed E-state index contributed by atoms with van der Waals surface area (Å²) in [5.41, 5.74) is 1.08. The fourth-order valence-electron chi connectivity index (χ4n) is 2.39. The van der Waals surface area contributed by atoms with Gasteiger partial charge in [-0.1, -0.05) is 35.5 Å². The Labute approximate surface area is 149 Å². The number of nitrogens with one attached hydrogen (secondary N) is 1. The number of carbonyl (C=O) groups is 1. The number of hydrogen-bond acceptors (Lipinski definition) is 5. The highest BCUT2D eigenvalue weighted by Gasteiger charge is 2.29. The quantitative estimate of drug-likeness (QED) is 0.729. The molecule has 126 valence electrons. The molecule has 0 spiro atoms. The van der Waals surface area contributed by atoms with Gasteiger partial charge in [-0.3, -0.25) is 4.79 Å². The zero-order valence-corrected chi connectivity index (χ0v) is 14.3. The zero-order valence-electron chi connectivity index (χ0n) is 13.5. The molecule has 25 heavy (non-hydrogen) atoms. The van der Waals surface area contributed by atoms with Crippen LogP contribution in [-0.4, -0.2) is 16.0 Å². The van der Waals surface area contributed by atoms with Crippen LogP contribution in [0.15, 0.2) is 47.0 Å². The van der Waals surface area contributed by atoms with Crippen LogP contribution in [0.4, 0.5) is 0 Å². The molecule has 0 unspecified atom stereocenters. The van der Waals surface area contributed by atoms with Crippen LogP contribution in [0.3, 0.4) is 0 Å².